The minimum absolute atomic E-state index is 0.00672. The highest BCUT2D eigenvalue weighted by atomic mass is 16.6. The third-order valence-electron chi connectivity index (χ3n) is 6.99. The van der Waals surface area contributed by atoms with E-state index in [4.69, 9.17) is 25.6 Å². The third kappa shape index (κ3) is 5.80. The van der Waals surface area contributed by atoms with Crippen LogP contribution in [-0.2, 0) is 31.0 Å². The molecule has 1 atom stereocenters. The number of fused-ring (bicyclic) bond motifs is 1. The molecule has 202 valence electrons. The summed E-state index contributed by atoms with van der Waals surface area (Å²) in [6.07, 6.45) is 1.97. The standard InChI is InChI=1S/C28H36N6O4/c1-4-38-24(35)16-37-17-28(3,27(36)34-13-5-6-14-34)21-11-12-22-25(18(21)2)33-23(32-22)15-31-20-9-7-19(8-10-20)26(29)30/h7-12,31H,4-6,13-17H2,1-3H3,(H3,29,30)(H,32,33). The minimum Gasteiger partial charge on any atom is -0.464 e. The van der Waals surface area contributed by atoms with Gasteiger partial charge < -0.3 is 30.4 Å². The second-order valence-electron chi connectivity index (χ2n) is 9.79. The van der Waals surface area contributed by atoms with Gasteiger partial charge in [-0.3, -0.25) is 10.2 Å². The fourth-order valence-electron chi connectivity index (χ4n) is 4.96. The summed E-state index contributed by atoms with van der Waals surface area (Å²) in [4.78, 5) is 35.7. The van der Waals surface area contributed by atoms with Gasteiger partial charge in [-0.15, -0.1) is 0 Å². The van der Waals surface area contributed by atoms with Gasteiger partial charge in [0.15, 0.2) is 0 Å². The van der Waals surface area contributed by atoms with Crippen molar-refractivity contribution in [2.75, 3.05) is 38.2 Å². The van der Waals surface area contributed by atoms with Gasteiger partial charge in [-0.05, 0) is 75.1 Å². The summed E-state index contributed by atoms with van der Waals surface area (Å²) in [5, 5.41) is 10.9. The summed E-state index contributed by atoms with van der Waals surface area (Å²) in [7, 11) is 0. The molecule has 1 aliphatic rings. The number of aromatic amines is 1. The van der Waals surface area contributed by atoms with Crippen molar-refractivity contribution < 1.29 is 19.1 Å². The van der Waals surface area contributed by atoms with Gasteiger partial charge in [-0.25, -0.2) is 9.78 Å². The van der Waals surface area contributed by atoms with Crippen molar-refractivity contribution in [3.05, 3.63) is 58.9 Å². The Morgan fingerprint density at radius 3 is 2.55 bits per heavy atom. The Labute approximate surface area is 222 Å². The number of nitrogens with two attached hydrogens (primary N) is 1. The van der Waals surface area contributed by atoms with Crippen LogP contribution in [0.25, 0.3) is 11.0 Å². The molecule has 0 saturated carbocycles. The zero-order valence-corrected chi connectivity index (χ0v) is 22.2. The van der Waals surface area contributed by atoms with Gasteiger partial charge in [0.1, 0.15) is 18.3 Å². The van der Waals surface area contributed by atoms with E-state index in [-0.39, 0.29) is 31.6 Å². The van der Waals surface area contributed by atoms with E-state index in [2.05, 4.69) is 10.3 Å². The number of amides is 1. The molecule has 1 saturated heterocycles. The first-order chi connectivity index (χ1) is 18.2. The van der Waals surface area contributed by atoms with Gasteiger partial charge in [0, 0.05) is 24.3 Å². The Kier molecular flexibility index (Phi) is 8.31. The number of nitrogens with one attached hydrogen (secondary N) is 3. The number of carbonyl (C=O) groups excluding carboxylic acids is 2. The lowest BCUT2D eigenvalue weighted by Crippen LogP contribution is -2.47. The zero-order valence-electron chi connectivity index (χ0n) is 22.2. The number of nitrogens with zero attached hydrogens (tertiary/aromatic N) is 2. The van der Waals surface area contributed by atoms with Crippen molar-refractivity contribution >= 4 is 34.4 Å². The number of esters is 1. The quantitative estimate of drug-likeness (QED) is 0.172. The molecule has 3 aromatic rings. The lowest BCUT2D eigenvalue weighted by atomic mass is 9.79. The Morgan fingerprint density at radius 2 is 1.89 bits per heavy atom. The Hall–Kier alpha value is -3.92. The number of ether oxygens (including phenoxy) is 2. The highest BCUT2D eigenvalue weighted by molar-refractivity contribution is 5.95. The van der Waals surface area contributed by atoms with Crippen molar-refractivity contribution in [2.45, 2.75) is 45.6 Å². The monoisotopic (exact) mass is 520 g/mol. The van der Waals surface area contributed by atoms with Crippen molar-refractivity contribution in [3.8, 4) is 0 Å². The molecule has 1 fully saturated rings. The Bertz CT molecular complexity index is 1310. The lowest BCUT2D eigenvalue weighted by molar-refractivity contribution is -0.151. The second-order valence-corrected chi connectivity index (χ2v) is 9.79. The molecular formula is C28H36N6O4. The molecule has 1 aliphatic heterocycles. The highest BCUT2D eigenvalue weighted by Gasteiger charge is 2.41. The number of likely N-dealkylation sites (tertiary alicyclic amines) is 1. The van der Waals surface area contributed by atoms with Crippen LogP contribution in [0.3, 0.4) is 0 Å². The molecule has 2 aromatic carbocycles. The maximum absolute atomic E-state index is 13.8. The first kappa shape index (κ1) is 27.1. The smallest absolute Gasteiger partial charge is 0.332 e. The fraction of sp³-hybridized carbons (Fsp3) is 0.429. The number of nitrogen functional groups attached to an aromatic ring is 1. The predicted octanol–water partition coefficient (Wildman–Crippen LogP) is 3.23. The number of benzene rings is 2. The van der Waals surface area contributed by atoms with Crippen LogP contribution in [0.2, 0.25) is 0 Å². The van der Waals surface area contributed by atoms with Crippen LogP contribution in [-0.4, -0.2) is 65.5 Å². The van der Waals surface area contributed by atoms with E-state index in [0.717, 1.165) is 59.6 Å². The van der Waals surface area contributed by atoms with E-state index in [9.17, 15) is 9.59 Å². The molecule has 1 amide bonds. The number of anilines is 1. The summed E-state index contributed by atoms with van der Waals surface area (Å²) in [5.74, 6) is 0.326. The summed E-state index contributed by atoms with van der Waals surface area (Å²) in [6.45, 7) is 7.64. The molecule has 38 heavy (non-hydrogen) atoms. The van der Waals surface area contributed by atoms with Gasteiger partial charge in [0.25, 0.3) is 0 Å². The molecular weight excluding hydrogens is 484 g/mol. The maximum Gasteiger partial charge on any atom is 0.332 e. The number of amidine groups is 1. The number of aromatic nitrogens is 2. The van der Waals surface area contributed by atoms with Crippen molar-refractivity contribution in [1.29, 1.82) is 5.41 Å². The van der Waals surface area contributed by atoms with E-state index >= 15 is 0 Å². The molecule has 2 heterocycles. The number of imidazole rings is 1. The summed E-state index contributed by atoms with van der Waals surface area (Å²) in [6, 6.07) is 11.2. The molecule has 0 spiro atoms. The Balaban J connectivity index is 1.57. The average Bonchev–Trinajstić information content (AvgIpc) is 3.58. The molecule has 0 aliphatic carbocycles. The number of hydrogen-bond donors (Lipinski definition) is 4. The number of H-pyrrole nitrogens is 1. The summed E-state index contributed by atoms with van der Waals surface area (Å²) in [5.41, 5.74) is 9.49. The molecule has 4 rings (SSSR count). The van der Waals surface area contributed by atoms with E-state index in [1.807, 2.05) is 43.0 Å². The maximum atomic E-state index is 13.8. The molecule has 10 heteroatoms. The zero-order chi connectivity index (χ0) is 27.3. The van der Waals surface area contributed by atoms with Crippen LogP contribution < -0.4 is 11.1 Å². The lowest BCUT2D eigenvalue weighted by Gasteiger charge is -2.34. The molecule has 0 bridgehead atoms. The van der Waals surface area contributed by atoms with E-state index in [0.29, 0.717) is 12.1 Å². The van der Waals surface area contributed by atoms with Gasteiger partial charge in [-0.1, -0.05) is 6.07 Å². The normalized spacial score (nSPS) is 14.9. The Morgan fingerprint density at radius 1 is 1.18 bits per heavy atom. The van der Waals surface area contributed by atoms with Crippen LogP contribution in [0.4, 0.5) is 5.69 Å². The van der Waals surface area contributed by atoms with Gasteiger partial charge >= 0.3 is 5.97 Å². The molecule has 0 radical (unpaired) electrons. The molecule has 10 nitrogen and oxygen atoms in total. The van der Waals surface area contributed by atoms with Gasteiger partial charge in [0.05, 0.1) is 36.2 Å². The minimum atomic E-state index is -0.981. The largest absolute Gasteiger partial charge is 0.464 e. The van der Waals surface area contributed by atoms with Gasteiger partial charge in [-0.2, -0.15) is 0 Å². The highest BCUT2D eigenvalue weighted by Crippen LogP contribution is 2.34. The molecule has 1 unspecified atom stereocenters. The van der Waals surface area contributed by atoms with Crippen LogP contribution in [0.1, 0.15) is 49.2 Å². The third-order valence-corrected chi connectivity index (χ3v) is 6.99. The number of aryl methyl sites for hydroxylation is 1. The van der Waals surface area contributed by atoms with Crippen LogP contribution in [0, 0.1) is 12.3 Å². The molecule has 5 N–H and O–H groups in total. The van der Waals surface area contributed by atoms with E-state index in [1.165, 1.54) is 0 Å². The summed E-state index contributed by atoms with van der Waals surface area (Å²) >= 11 is 0. The summed E-state index contributed by atoms with van der Waals surface area (Å²) < 4.78 is 10.7. The number of hydrogen-bond acceptors (Lipinski definition) is 7. The molecule has 1 aromatic heterocycles. The van der Waals surface area contributed by atoms with Crippen LogP contribution >= 0.6 is 0 Å². The fourth-order valence-corrected chi connectivity index (χ4v) is 4.96. The van der Waals surface area contributed by atoms with E-state index in [1.54, 1.807) is 19.1 Å². The number of carbonyl (C=O) groups is 2. The predicted molar refractivity (Wildman–Crippen MR) is 146 cm³/mol. The average molecular weight is 521 g/mol. The topological polar surface area (TPSA) is 146 Å². The van der Waals surface area contributed by atoms with Crippen molar-refractivity contribution in [1.82, 2.24) is 14.9 Å². The van der Waals surface area contributed by atoms with Crippen molar-refractivity contribution in [3.63, 3.8) is 0 Å². The second kappa shape index (κ2) is 11.6. The number of rotatable bonds is 11. The van der Waals surface area contributed by atoms with Crippen LogP contribution in [0.15, 0.2) is 36.4 Å². The first-order valence-corrected chi connectivity index (χ1v) is 12.9. The van der Waals surface area contributed by atoms with Gasteiger partial charge in [0.2, 0.25) is 5.91 Å². The van der Waals surface area contributed by atoms with Crippen LogP contribution in [0.5, 0.6) is 0 Å². The SMILES string of the molecule is CCOC(=O)COCC(C)(C(=O)N1CCCC1)c1ccc2[nH]c(CNc3ccc(C(=N)N)cc3)nc2c1C. The first-order valence-electron chi connectivity index (χ1n) is 12.9. The van der Waals surface area contributed by atoms with E-state index < -0.39 is 11.4 Å². The van der Waals surface area contributed by atoms with Crippen molar-refractivity contribution in [2.24, 2.45) is 5.73 Å².